The van der Waals surface area contributed by atoms with Gasteiger partial charge in [-0.1, -0.05) is 18.6 Å². The van der Waals surface area contributed by atoms with E-state index in [1.165, 1.54) is 19.3 Å². The molecule has 1 aliphatic carbocycles. The lowest BCUT2D eigenvalue weighted by Gasteiger charge is -2.43. The second-order valence-corrected chi connectivity index (χ2v) is 6.42. The lowest BCUT2D eigenvalue weighted by molar-refractivity contribution is 0.0811. The molecule has 2 aliphatic rings. The maximum absolute atomic E-state index is 14.4. The molecule has 1 aliphatic heterocycles. The van der Waals surface area contributed by atoms with Gasteiger partial charge in [-0.05, 0) is 40.8 Å². The highest BCUT2D eigenvalue weighted by molar-refractivity contribution is 9.10. The summed E-state index contributed by atoms with van der Waals surface area (Å²) >= 11 is 3.32. The molecule has 112 valence electrons. The highest BCUT2D eigenvalue weighted by Crippen LogP contribution is 2.43. The van der Waals surface area contributed by atoms with Gasteiger partial charge in [0.2, 0.25) is 0 Å². The normalized spacial score (nSPS) is 21.9. The molecule has 0 aromatic heterocycles. The molecule has 2 nitrogen and oxygen atoms in total. The van der Waals surface area contributed by atoms with Crippen molar-refractivity contribution < 1.29 is 4.39 Å². The van der Waals surface area contributed by atoms with E-state index in [9.17, 15) is 4.39 Å². The van der Waals surface area contributed by atoms with Crippen molar-refractivity contribution in [3.05, 3.63) is 34.1 Å². The summed E-state index contributed by atoms with van der Waals surface area (Å²) in [4.78, 5) is 2.46. The van der Waals surface area contributed by atoms with E-state index in [1.807, 2.05) is 12.1 Å². The monoisotopic (exact) mass is 362 g/mol. The Hall–Kier alpha value is -0.160. The first kappa shape index (κ1) is 16.2. The standard InChI is InChI=1S/C15H20BrFN2.ClH/c16-13-6-2-5-12(14(13)17)15(11-3-1-4-11)19-9-7-18-8-10-19;/h2,5-6,11,15,18H,1,3-4,7-10H2;1H/t15-;/m0./s1. The van der Waals surface area contributed by atoms with Crippen LogP contribution in [-0.4, -0.2) is 31.1 Å². The minimum absolute atomic E-state index is 0. The molecule has 1 aromatic carbocycles. The van der Waals surface area contributed by atoms with Crippen molar-refractivity contribution in [3.63, 3.8) is 0 Å². The van der Waals surface area contributed by atoms with Crippen molar-refractivity contribution >= 4 is 28.3 Å². The first-order valence-corrected chi connectivity index (χ1v) is 7.95. The number of rotatable bonds is 3. The summed E-state index contributed by atoms with van der Waals surface area (Å²) < 4.78 is 15.0. The smallest absolute Gasteiger partial charge is 0.142 e. The Bertz CT molecular complexity index is 447. The molecule has 3 rings (SSSR count). The van der Waals surface area contributed by atoms with Crippen LogP contribution in [0.15, 0.2) is 22.7 Å². The van der Waals surface area contributed by atoms with Gasteiger partial charge in [-0.25, -0.2) is 4.39 Å². The van der Waals surface area contributed by atoms with Gasteiger partial charge in [-0.3, -0.25) is 4.90 Å². The highest BCUT2D eigenvalue weighted by Gasteiger charge is 2.35. The van der Waals surface area contributed by atoms with Crippen LogP contribution in [0.5, 0.6) is 0 Å². The fraction of sp³-hybridized carbons (Fsp3) is 0.600. The topological polar surface area (TPSA) is 15.3 Å². The summed E-state index contributed by atoms with van der Waals surface area (Å²) in [6.07, 6.45) is 3.77. The summed E-state index contributed by atoms with van der Waals surface area (Å²) in [6, 6.07) is 5.96. The van der Waals surface area contributed by atoms with Gasteiger partial charge in [-0.2, -0.15) is 0 Å². The average molecular weight is 364 g/mol. The van der Waals surface area contributed by atoms with E-state index >= 15 is 0 Å². The molecule has 1 saturated carbocycles. The van der Waals surface area contributed by atoms with Crippen molar-refractivity contribution in [2.24, 2.45) is 5.92 Å². The zero-order valence-electron chi connectivity index (χ0n) is 11.4. The molecule has 0 unspecified atom stereocenters. The zero-order chi connectivity index (χ0) is 13.2. The van der Waals surface area contributed by atoms with Gasteiger partial charge in [0.05, 0.1) is 4.47 Å². The second-order valence-electron chi connectivity index (χ2n) is 5.56. The van der Waals surface area contributed by atoms with Crippen molar-refractivity contribution in [2.75, 3.05) is 26.2 Å². The number of hydrogen-bond acceptors (Lipinski definition) is 2. The fourth-order valence-electron chi connectivity index (χ4n) is 3.21. The van der Waals surface area contributed by atoms with Crippen LogP contribution in [0.2, 0.25) is 0 Å². The highest BCUT2D eigenvalue weighted by atomic mass is 79.9. The van der Waals surface area contributed by atoms with Crippen LogP contribution in [0.3, 0.4) is 0 Å². The molecule has 1 heterocycles. The van der Waals surface area contributed by atoms with E-state index in [1.54, 1.807) is 6.07 Å². The van der Waals surface area contributed by atoms with Gasteiger partial charge >= 0.3 is 0 Å². The molecule has 0 amide bonds. The van der Waals surface area contributed by atoms with E-state index in [-0.39, 0.29) is 24.3 Å². The lowest BCUT2D eigenvalue weighted by Crippen LogP contribution is -2.48. The Morgan fingerprint density at radius 1 is 1.25 bits per heavy atom. The van der Waals surface area contributed by atoms with Gasteiger partial charge in [-0.15, -0.1) is 12.4 Å². The van der Waals surface area contributed by atoms with Gasteiger partial charge in [0.15, 0.2) is 0 Å². The van der Waals surface area contributed by atoms with Crippen molar-refractivity contribution in [1.29, 1.82) is 0 Å². The Kier molecular flexibility index (Phi) is 5.84. The third kappa shape index (κ3) is 3.19. The molecule has 1 atom stereocenters. The second kappa shape index (κ2) is 7.21. The molecule has 2 fully saturated rings. The predicted octanol–water partition coefficient (Wildman–Crippen LogP) is 3.76. The Morgan fingerprint density at radius 2 is 1.95 bits per heavy atom. The SMILES string of the molecule is Cl.Fc1c(Br)cccc1[C@H](C1CCC1)N1CCNCC1. The van der Waals surface area contributed by atoms with Gasteiger partial charge in [0.25, 0.3) is 0 Å². The molecule has 1 aromatic rings. The van der Waals surface area contributed by atoms with Crippen LogP contribution in [0, 0.1) is 11.7 Å². The molecule has 0 spiro atoms. The van der Waals surface area contributed by atoms with Crippen LogP contribution in [0.25, 0.3) is 0 Å². The molecule has 1 saturated heterocycles. The first-order valence-electron chi connectivity index (χ1n) is 7.16. The van der Waals surface area contributed by atoms with Crippen LogP contribution < -0.4 is 5.32 Å². The average Bonchev–Trinajstić information content (AvgIpc) is 2.38. The summed E-state index contributed by atoms with van der Waals surface area (Å²) in [6.45, 7) is 4.07. The first-order chi connectivity index (χ1) is 9.27. The van der Waals surface area contributed by atoms with Crippen LogP contribution >= 0.6 is 28.3 Å². The number of halogens is 3. The van der Waals surface area contributed by atoms with Crippen molar-refractivity contribution in [1.82, 2.24) is 10.2 Å². The zero-order valence-corrected chi connectivity index (χ0v) is 13.9. The number of benzene rings is 1. The summed E-state index contributed by atoms with van der Waals surface area (Å²) in [5, 5.41) is 3.38. The number of nitrogens with zero attached hydrogens (tertiary/aromatic N) is 1. The molecule has 5 heteroatoms. The molecular formula is C15H21BrClFN2. The van der Waals surface area contributed by atoms with E-state index < -0.39 is 0 Å². The summed E-state index contributed by atoms with van der Waals surface area (Å²) in [7, 11) is 0. The van der Waals surface area contributed by atoms with E-state index in [2.05, 4.69) is 26.1 Å². The van der Waals surface area contributed by atoms with E-state index in [0.717, 1.165) is 31.7 Å². The van der Waals surface area contributed by atoms with E-state index in [0.29, 0.717) is 10.4 Å². The Balaban J connectivity index is 0.00000147. The number of nitrogens with one attached hydrogen (secondary N) is 1. The summed E-state index contributed by atoms with van der Waals surface area (Å²) in [5.41, 5.74) is 0.876. The minimum atomic E-state index is -0.0714. The van der Waals surface area contributed by atoms with Gasteiger partial charge in [0.1, 0.15) is 5.82 Å². The third-order valence-corrected chi connectivity index (χ3v) is 5.05. The minimum Gasteiger partial charge on any atom is -0.314 e. The Labute approximate surface area is 134 Å². The Morgan fingerprint density at radius 3 is 2.55 bits per heavy atom. The fourth-order valence-corrected chi connectivity index (χ4v) is 3.60. The largest absolute Gasteiger partial charge is 0.314 e. The van der Waals surface area contributed by atoms with Gasteiger partial charge < -0.3 is 5.32 Å². The van der Waals surface area contributed by atoms with Crippen LogP contribution in [0.1, 0.15) is 30.9 Å². The predicted molar refractivity (Wildman–Crippen MR) is 85.9 cm³/mol. The molecular weight excluding hydrogens is 343 g/mol. The number of hydrogen-bond donors (Lipinski definition) is 1. The summed E-state index contributed by atoms with van der Waals surface area (Å²) in [5.74, 6) is 0.555. The molecule has 20 heavy (non-hydrogen) atoms. The number of piperazine rings is 1. The van der Waals surface area contributed by atoms with Crippen LogP contribution in [0.4, 0.5) is 4.39 Å². The molecule has 0 bridgehead atoms. The third-order valence-electron chi connectivity index (χ3n) is 4.44. The van der Waals surface area contributed by atoms with Crippen molar-refractivity contribution in [3.8, 4) is 0 Å². The van der Waals surface area contributed by atoms with Crippen molar-refractivity contribution in [2.45, 2.75) is 25.3 Å². The quantitative estimate of drug-likeness (QED) is 0.880. The lowest BCUT2D eigenvalue weighted by atomic mass is 9.76. The molecule has 1 N–H and O–H groups in total. The molecule has 0 radical (unpaired) electrons. The van der Waals surface area contributed by atoms with Crippen LogP contribution in [-0.2, 0) is 0 Å². The maximum atomic E-state index is 14.4. The van der Waals surface area contributed by atoms with E-state index in [4.69, 9.17) is 0 Å². The maximum Gasteiger partial charge on any atom is 0.142 e. The van der Waals surface area contributed by atoms with Gasteiger partial charge in [0, 0.05) is 37.8 Å².